The number of amides is 1. The summed E-state index contributed by atoms with van der Waals surface area (Å²) in [7, 11) is 0. The molecule has 1 atom stereocenters. The largest absolute Gasteiger partial charge is 0.351 e. The van der Waals surface area contributed by atoms with Crippen LogP contribution in [0.25, 0.3) is 0 Å². The average molecular weight is 341 g/mol. The molecule has 0 saturated carbocycles. The van der Waals surface area contributed by atoms with Crippen LogP contribution in [0.5, 0.6) is 0 Å². The molecule has 1 aromatic heterocycles. The summed E-state index contributed by atoms with van der Waals surface area (Å²) in [5, 5.41) is 7.19. The van der Waals surface area contributed by atoms with Gasteiger partial charge in [-0.2, -0.15) is 4.98 Å². The van der Waals surface area contributed by atoms with Gasteiger partial charge in [0.05, 0.1) is 0 Å². The lowest BCUT2D eigenvalue weighted by molar-refractivity contribution is -0.123. The number of carbonyl (C=O) groups excluding carboxylic acids is 1. The molecule has 0 saturated heterocycles. The Kier molecular flexibility index (Phi) is 5.21. The van der Waals surface area contributed by atoms with Gasteiger partial charge in [-0.1, -0.05) is 43.3 Å². The Morgan fingerprint density at radius 3 is 2.80 bits per heavy atom. The molecule has 1 aromatic carbocycles. The van der Waals surface area contributed by atoms with Crippen molar-refractivity contribution >= 4 is 5.91 Å². The maximum absolute atomic E-state index is 12.4. The summed E-state index contributed by atoms with van der Waals surface area (Å²) in [4.78, 5) is 16.7. The Morgan fingerprint density at radius 2 is 2.08 bits per heavy atom. The van der Waals surface area contributed by atoms with E-state index in [1.807, 2.05) is 13.8 Å². The molecule has 134 valence electrons. The number of hydrogen-bond donors (Lipinski definition) is 1. The summed E-state index contributed by atoms with van der Waals surface area (Å²) in [5.41, 5.74) is 2.61. The first-order chi connectivity index (χ1) is 12.0. The van der Waals surface area contributed by atoms with Crippen LogP contribution in [-0.2, 0) is 24.1 Å². The smallest absolute Gasteiger partial charge is 0.226 e. The molecule has 1 amide bonds. The number of hydrogen-bond acceptors (Lipinski definition) is 4. The van der Waals surface area contributed by atoms with Crippen LogP contribution in [0.4, 0.5) is 0 Å². The highest BCUT2D eigenvalue weighted by atomic mass is 16.5. The SMILES string of the molecule is CC(C)c1noc(CCCC(=O)N[C@]2(C)CCc3ccccc3C2)n1. The zero-order valence-electron chi connectivity index (χ0n) is 15.3. The summed E-state index contributed by atoms with van der Waals surface area (Å²) in [5.74, 6) is 1.71. The molecule has 1 heterocycles. The Morgan fingerprint density at radius 1 is 1.32 bits per heavy atom. The minimum absolute atomic E-state index is 0.102. The molecule has 0 spiro atoms. The first-order valence-electron chi connectivity index (χ1n) is 9.15. The Hall–Kier alpha value is -2.17. The summed E-state index contributed by atoms with van der Waals surface area (Å²) < 4.78 is 5.22. The van der Waals surface area contributed by atoms with E-state index in [-0.39, 0.29) is 17.4 Å². The molecule has 3 rings (SSSR count). The third kappa shape index (κ3) is 4.47. The highest BCUT2D eigenvalue weighted by molar-refractivity contribution is 5.76. The van der Waals surface area contributed by atoms with E-state index in [4.69, 9.17) is 4.52 Å². The fourth-order valence-corrected chi connectivity index (χ4v) is 3.40. The van der Waals surface area contributed by atoms with E-state index in [0.29, 0.717) is 18.7 Å². The molecule has 5 heteroatoms. The summed E-state index contributed by atoms with van der Waals surface area (Å²) in [6.07, 6.45) is 4.75. The van der Waals surface area contributed by atoms with Crippen LogP contribution in [0.3, 0.4) is 0 Å². The molecule has 1 aliphatic rings. The predicted molar refractivity (Wildman–Crippen MR) is 96.3 cm³/mol. The van der Waals surface area contributed by atoms with Gasteiger partial charge in [-0.05, 0) is 43.7 Å². The number of nitrogens with one attached hydrogen (secondary N) is 1. The highest BCUT2D eigenvalue weighted by Crippen LogP contribution is 2.28. The molecule has 0 aliphatic heterocycles. The van der Waals surface area contributed by atoms with Gasteiger partial charge in [-0.3, -0.25) is 4.79 Å². The normalized spacial score (nSPS) is 19.7. The van der Waals surface area contributed by atoms with E-state index in [9.17, 15) is 4.79 Å². The number of aromatic nitrogens is 2. The van der Waals surface area contributed by atoms with Crippen molar-refractivity contribution in [3.05, 3.63) is 47.1 Å². The molecule has 1 aliphatic carbocycles. The van der Waals surface area contributed by atoms with Crippen molar-refractivity contribution in [3.63, 3.8) is 0 Å². The van der Waals surface area contributed by atoms with Crippen LogP contribution in [0.2, 0.25) is 0 Å². The van der Waals surface area contributed by atoms with Gasteiger partial charge in [-0.25, -0.2) is 0 Å². The number of fused-ring (bicyclic) bond motifs is 1. The second kappa shape index (κ2) is 7.38. The summed E-state index contributed by atoms with van der Waals surface area (Å²) in [6.45, 7) is 6.21. The van der Waals surface area contributed by atoms with Crippen molar-refractivity contribution in [2.45, 2.75) is 70.8 Å². The van der Waals surface area contributed by atoms with Crippen LogP contribution in [0, 0.1) is 0 Å². The van der Waals surface area contributed by atoms with Crippen molar-refractivity contribution < 1.29 is 9.32 Å². The van der Waals surface area contributed by atoms with Crippen molar-refractivity contribution in [2.24, 2.45) is 0 Å². The fraction of sp³-hybridized carbons (Fsp3) is 0.550. The zero-order valence-corrected chi connectivity index (χ0v) is 15.3. The van der Waals surface area contributed by atoms with E-state index >= 15 is 0 Å². The standard InChI is InChI=1S/C20H27N3O2/c1-14(2)19-21-18(25-23-19)10-6-9-17(24)22-20(3)12-11-15-7-4-5-8-16(15)13-20/h4-5,7-8,14H,6,9-13H2,1-3H3,(H,22,24)/t20-/m1/s1. The van der Waals surface area contributed by atoms with Crippen molar-refractivity contribution in [1.29, 1.82) is 0 Å². The van der Waals surface area contributed by atoms with Gasteiger partial charge in [0.25, 0.3) is 0 Å². The lowest BCUT2D eigenvalue weighted by atomic mass is 9.79. The number of benzene rings is 1. The second-order valence-electron chi connectivity index (χ2n) is 7.61. The van der Waals surface area contributed by atoms with Crippen molar-refractivity contribution in [3.8, 4) is 0 Å². The van der Waals surface area contributed by atoms with Crippen molar-refractivity contribution in [1.82, 2.24) is 15.5 Å². The molecular formula is C20H27N3O2. The minimum atomic E-state index is -0.152. The van der Waals surface area contributed by atoms with Gasteiger partial charge in [0.2, 0.25) is 11.8 Å². The first kappa shape index (κ1) is 17.6. The number of rotatable bonds is 6. The Balaban J connectivity index is 1.47. The molecule has 25 heavy (non-hydrogen) atoms. The Labute approximate surface area is 149 Å². The maximum Gasteiger partial charge on any atom is 0.226 e. The number of aryl methyl sites for hydroxylation is 2. The Bertz CT molecular complexity index is 738. The highest BCUT2D eigenvalue weighted by Gasteiger charge is 2.30. The third-order valence-electron chi connectivity index (χ3n) is 4.88. The predicted octanol–water partition coefficient (Wildman–Crippen LogP) is 3.58. The molecule has 0 bridgehead atoms. The lowest BCUT2D eigenvalue weighted by Crippen LogP contribution is -2.49. The molecule has 0 radical (unpaired) electrons. The maximum atomic E-state index is 12.4. The molecular weight excluding hydrogens is 314 g/mol. The quantitative estimate of drug-likeness (QED) is 0.872. The van der Waals surface area contributed by atoms with Crippen molar-refractivity contribution in [2.75, 3.05) is 0 Å². The van der Waals surface area contributed by atoms with Crippen LogP contribution in [0.15, 0.2) is 28.8 Å². The topological polar surface area (TPSA) is 68.0 Å². The minimum Gasteiger partial charge on any atom is -0.351 e. The summed E-state index contributed by atoms with van der Waals surface area (Å²) >= 11 is 0. The van der Waals surface area contributed by atoms with E-state index in [2.05, 4.69) is 46.6 Å². The third-order valence-corrected chi connectivity index (χ3v) is 4.88. The van der Waals surface area contributed by atoms with Crippen LogP contribution in [0.1, 0.15) is 68.8 Å². The first-order valence-corrected chi connectivity index (χ1v) is 9.15. The lowest BCUT2D eigenvalue weighted by Gasteiger charge is -2.36. The van der Waals surface area contributed by atoms with Crippen LogP contribution >= 0.6 is 0 Å². The fourth-order valence-electron chi connectivity index (χ4n) is 3.40. The van der Waals surface area contributed by atoms with Gasteiger partial charge in [0.1, 0.15) is 0 Å². The average Bonchev–Trinajstić information content (AvgIpc) is 3.03. The monoisotopic (exact) mass is 341 g/mol. The van der Waals surface area contributed by atoms with E-state index < -0.39 is 0 Å². The van der Waals surface area contributed by atoms with Gasteiger partial charge < -0.3 is 9.84 Å². The van der Waals surface area contributed by atoms with E-state index in [0.717, 1.165) is 31.5 Å². The van der Waals surface area contributed by atoms with Crippen LogP contribution in [-0.4, -0.2) is 21.6 Å². The second-order valence-corrected chi connectivity index (χ2v) is 7.61. The number of nitrogens with zero attached hydrogens (tertiary/aromatic N) is 2. The number of carbonyl (C=O) groups is 1. The van der Waals surface area contributed by atoms with E-state index in [1.165, 1.54) is 11.1 Å². The van der Waals surface area contributed by atoms with Gasteiger partial charge >= 0.3 is 0 Å². The molecule has 0 unspecified atom stereocenters. The van der Waals surface area contributed by atoms with Gasteiger partial charge in [-0.15, -0.1) is 0 Å². The summed E-state index contributed by atoms with van der Waals surface area (Å²) in [6, 6.07) is 8.51. The molecule has 5 nitrogen and oxygen atoms in total. The van der Waals surface area contributed by atoms with Gasteiger partial charge in [0.15, 0.2) is 5.82 Å². The molecule has 2 aromatic rings. The van der Waals surface area contributed by atoms with Gasteiger partial charge in [0, 0.05) is 24.3 Å². The van der Waals surface area contributed by atoms with E-state index in [1.54, 1.807) is 0 Å². The zero-order chi connectivity index (χ0) is 17.9. The molecule has 1 N–H and O–H groups in total. The molecule has 0 fully saturated rings. The van der Waals surface area contributed by atoms with Crippen LogP contribution < -0.4 is 5.32 Å².